The number of aromatic amines is 1. The van der Waals surface area contributed by atoms with Crippen LogP contribution < -0.4 is 16.0 Å². The molecular weight excluding hydrogens is 526 g/mol. The minimum Gasteiger partial charge on any atom is -0.466 e. The number of aromatic nitrogens is 3. The lowest BCUT2D eigenvalue weighted by atomic mass is 9.80. The van der Waals surface area contributed by atoms with E-state index in [-0.39, 0.29) is 18.8 Å². The van der Waals surface area contributed by atoms with Crippen molar-refractivity contribution in [2.24, 2.45) is 0 Å². The minimum absolute atomic E-state index is 0.122. The van der Waals surface area contributed by atoms with Crippen molar-refractivity contribution in [2.45, 2.75) is 19.8 Å². The molecule has 39 heavy (non-hydrogen) atoms. The second kappa shape index (κ2) is 13.0. The summed E-state index contributed by atoms with van der Waals surface area (Å²) in [5.74, 6) is -0.977. The van der Waals surface area contributed by atoms with E-state index in [0.717, 1.165) is 26.2 Å². The van der Waals surface area contributed by atoms with Crippen LogP contribution in [0.2, 0.25) is 5.02 Å². The largest absolute Gasteiger partial charge is 0.466 e. The van der Waals surface area contributed by atoms with E-state index in [1.165, 1.54) is 7.11 Å². The number of methoxy groups -OCH3 is 1. The van der Waals surface area contributed by atoms with Crippen molar-refractivity contribution < 1.29 is 23.8 Å². The molecule has 3 heterocycles. The van der Waals surface area contributed by atoms with Gasteiger partial charge in [-0.1, -0.05) is 29.8 Å². The summed E-state index contributed by atoms with van der Waals surface area (Å²) in [4.78, 5) is 34.7. The summed E-state index contributed by atoms with van der Waals surface area (Å²) >= 11 is 6.55. The molecule has 2 aliphatic rings. The molecule has 2 aromatic rings. The van der Waals surface area contributed by atoms with Crippen molar-refractivity contribution in [3.63, 3.8) is 0 Å². The summed E-state index contributed by atoms with van der Waals surface area (Å²) in [5, 5.41) is 10.4. The number of H-pyrrole nitrogens is 1. The number of benzene rings is 1. The van der Waals surface area contributed by atoms with E-state index >= 15 is 0 Å². The van der Waals surface area contributed by atoms with Gasteiger partial charge in [-0.2, -0.15) is 4.98 Å². The number of nitrogens with zero attached hydrogens (tertiary/aromatic N) is 4. The summed E-state index contributed by atoms with van der Waals surface area (Å²) in [6.07, 6.45) is 0. The molecule has 0 amide bonds. The number of halogens is 1. The third kappa shape index (κ3) is 6.52. The molecular formula is C26H34ClN7O5. The SMILES string of the molecule is CCOC(=O)C1=C(COCCN2CCN(c3n[nH]c(N)n3)CC2)NC(C)=C(C(=O)OC)C1c1ccccc1Cl. The fourth-order valence-corrected chi connectivity index (χ4v) is 5.05. The number of esters is 2. The van der Waals surface area contributed by atoms with Gasteiger partial charge in [0.05, 0.1) is 49.7 Å². The van der Waals surface area contributed by atoms with E-state index < -0.39 is 17.9 Å². The number of nitrogen functional groups attached to an aromatic ring is 1. The highest BCUT2D eigenvalue weighted by Crippen LogP contribution is 2.41. The number of hydrogen-bond donors (Lipinski definition) is 3. The Kier molecular flexibility index (Phi) is 9.44. The van der Waals surface area contributed by atoms with E-state index in [4.69, 9.17) is 31.5 Å². The number of rotatable bonds is 10. The molecule has 0 bridgehead atoms. The van der Waals surface area contributed by atoms with Crippen molar-refractivity contribution >= 4 is 35.4 Å². The Bertz CT molecular complexity index is 1250. The van der Waals surface area contributed by atoms with E-state index in [0.29, 0.717) is 52.6 Å². The number of carbonyl (C=O) groups excluding carboxylic acids is 2. The summed E-state index contributed by atoms with van der Waals surface area (Å²) in [5.41, 5.74) is 7.89. The molecule has 1 unspecified atom stereocenters. The normalized spacial score (nSPS) is 18.3. The van der Waals surface area contributed by atoms with Crippen LogP contribution in [0.1, 0.15) is 25.3 Å². The van der Waals surface area contributed by atoms with Crippen LogP contribution in [0.15, 0.2) is 46.8 Å². The Morgan fingerprint density at radius 3 is 2.54 bits per heavy atom. The van der Waals surface area contributed by atoms with Crippen LogP contribution in [-0.4, -0.2) is 91.7 Å². The fourth-order valence-electron chi connectivity index (χ4n) is 4.81. The molecule has 2 aliphatic heterocycles. The predicted octanol–water partition coefficient (Wildman–Crippen LogP) is 1.83. The fraction of sp³-hybridized carbons (Fsp3) is 0.462. The first-order chi connectivity index (χ1) is 18.8. The van der Waals surface area contributed by atoms with Gasteiger partial charge in [-0.25, -0.2) is 14.7 Å². The van der Waals surface area contributed by atoms with Crippen LogP contribution in [0.5, 0.6) is 0 Å². The van der Waals surface area contributed by atoms with Crippen molar-refractivity contribution in [3.05, 3.63) is 57.4 Å². The lowest BCUT2D eigenvalue weighted by Crippen LogP contribution is -2.47. The van der Waals surface area contributed by atoms with E-state index in [9.17, 15) is 9.59 Å². The molecule has 0 spiro atoms. The second-order valence-electron chi connectivity index (χ2n) is 9.12. The first-order valence-corrected chi connectivity index (χ1v) is 13.1. The van der Waals surface area contributed by atoms with Crippen LogP contribution in [0, 0.1) is 0 Å². The summed E-state index contributed by atoms with van der Waals surface area (Å²) in [6.45, 7) is 8.14. The molecule has 12 nitrogen and oxygen atoms in total. The predicted molar refractivity (Wildman–Crippen MR) is 146 cm³/mol. The van der Waals surface area contributed by atoms with Gasteiger partial charge in [0, 0.05) is 43.4 Å². The Labute approximate surface area is 232 Å². The molecule has 1 aromatic carbocycles. The highest BCUT2D eigenvalue weighted by Gasteiger charge is 2.39. The molecule has 4 rings (SSSR count). The molecule has 4 N–H and O–H groups in total. The van der Waals surface area contributed by atoms with Gasteiger partial charge in [-0.05, 0) is 25.5 Å². The third-order valence-corrected chi connectivity index (χ3v) is 7.05. The molecule has 1 saturated heterocycles. The zero-order chi connectivity index (χ0) is 27.9. The van der Waals surface area contributed by atoms with Crippen molar-refractivity contribution in [1.29, 1.82) is 0 Å². The third-order valence-electron chi connectivity index (χ3n) is 6.71. The average molecular weight is 560 g/mol. The van der Waals surface area contributed by atoms with Gasteiger partial charge in [-0.3, -0.25) is 4.90 Å². The van der Waals surface area contributed by atoms with E-state index in [1.807, 2.05) is 6.07 Å². The Morgan fingerprint density at radius 1 is 1.15 bits per heavy atom. The molecule has 210 valence electrons. The number of carbonyl (C=O) groups is 2. The molecule has 0 saturated carbocycles. The molecule has 0 aliphatic carbocycles. The van der Waals surface area contributed by atoms with Crippen LogP contribution >= 0.6 is 11.6 Å². The van der Waals surface area contributed by atoms with Gasteiger partial charge < -0.3 is 30.2 Å². The first-order valence-electron chi connectivity index (χ1n) is 12.8. The summed E-state index contributed by atoms with van der Waals surface area (Å²) in [7, 11) is 1.30. The van der Waals surface area contributed by atoms with Crippen LogP contribution in [0.4, 0.5) is 11.9 Å². The summed E-state index contributed by atoms with van der Waals surface area (Å²) < 4.78 is 16.5. The second-order valence-corrected chi connectivity index (χ2v) is 9.53. The lowest BCUT2D eigenvalue weighted by Gasteiger charge is -2.34. The number of ether oxygens (including phenoxy) is 3. The average Bonchev–Trinajstić information content (AvgIpc) is 3.37. The molecule has 13 heteroatoms. The zero-order valence-electron chi connectivity index (χ0n) is 22.3. The monoisotopic (exact) mass is 559 g/mol. The summed E-state index contributed by atoms with van der Waals surface area (Å²) in [6, 6.07) is 7.11. The molecule has 1 aromatic heterocycles. The van der Waals surface area contributed by atoms with Gasteiger partial charge in [-0.15, -0.1) is 5.10 Å². The van der Waals surface area contributed by atoms with Crippen molar-refractivity contribution in [1.82, 2.24) is 25.4 Å². The maximum atomic E-state index is 13.3. The maximum absolute atomic E-state index is 13.3. The van der Waals surface area contributed by atoms with Gasteiger partial charge in [0.2, 0.25) is 11.9 Å². The number of piperazine rings is 1. The Hall–Kier alpha value is -3.61. The van der Waals surface area contributed by atoms with Gasteiger partial charge in [0.15, 0.2) is 0 Å². The molecule has 0 radical (unpaired) electrons. The van der Waals surface area contributed by atoms with Crippen LogP contribution in [0.25, 0.3) is 0 Å². The number of allylic oxidation sites excluding steroid dienone is 1. The number of hydrogen-bond acceptors (Lipinski definition) is 11. The number of anilines is 2. The minimum atomic E-state index is -0.775. The standard InChI is InChI=1S/C26H34ClN7O5/c1-4-39-24(36)22-19(15-38-14-13-33-9-11-34(12-10-33)26-30-25(28)31-32-26)29-16(2)20(23(35)37-3)21(22)17-7-5-6-8-18(17)27/h5-8,21,29H,4,9-15H2,1-3H3,(H3,28,30,31,32). The Balaban J connectivity index is 1.47. The van der Waals surface area contributed by atoms with Crippen LogP contribution in [-0.2, 0) is 23.8 Å². The quantitative estimate of drug-likeness (QED) is 0.289. The maximum Gasteiger partial charge on any atom is 0.336 e. The van der Waals surface area contributed by atoms with Gasteiger partial charge >= 0.3 is 11.9 Å². The smallest absolute Gasteiger partial charge is 0.336 e. The first kappa shape index (κ1) is 28.4. The van der Waals surface area contributed by atoms with Gasteiger partial charge in [0.25, 0.3) is 0 Å². The number of dihydropyridines is 1. The van der Waals surface area contributed by atoms with Crippen LogP contribution in [0.3, 0.4) is 0 Å². The highest BCUT2D eigenvalue weighted by molar-refractivity contribution is 6.31. The topological polar surface area (TPSA) is 148 Å². The van der Waals surface area contributed by atoms with Crippen molar-refractivity contribution in [3.8, 4) is 0 Å². The Morgan fingerprint density at radius 2 is 1.90 bits per heavy atom. The van der Waals surface area contributed by atoms with E-state index in [1.54, 1.807) is 32.0 Å². The zero-order valence-corrected chi connectivity index (χ0v) is 23.1. The van der Waals surface area contributed by atoms with Gasteiger partial charge in [0.1, 0.15) is 0 Å². The number of nitrogens with two attached hydrogens (primary N) is 1. The van der Waals surface area contributed by atoms with E-state index in [2.05, 4.69) is 30.3 Å². The highest BCUT2D eigenvalue weighted by atomic mass is 35.5. The molecule has 1 atom stereocenters. The molecule has 1 fully saturated rings. The lowest BCUT2D eigenvalue weighted by molar-refractivity contribution is -0.139. The van der Waals surface area contributed by atoms with Crippen molar-refractivity contribution in [2.75, 3.05) is 70.3 Å². The number of nitrogens with one attached hydrogen (secondary N) is 2.